The summed E-state index contributed by atoms with van der Waals surface area (Å²) in [6.07, 6.45) is 2.30. The highest BCUT2D eigenvalue weighted by Crippen LogP contribution is 2.30. The lowest BCUT2D eigenvalue weighted by atomic mass is 9.98. The van der Waals surface area contributed by atoms with E-state index in [0.717, 1.165) is 43.9 Å². The van der Waals surface area contributed by atoms with Gasteiger partial charge >= 0.3 is 0 Å². The molecule has 0 aliphatic rings. The first-order chi connectivity index (χ1) is 11.1. The third-order valence-corrected chi connectivity index (χ3v) is 4.85. The number of rotatable bonds is 11. The molecule has 0 aliphatic heterocycles. The summed E-state index contributed by atoms with van der Waals surface area (Å²) in [5.41, 5.74) is 2.29. The van der Waals surface area contributed by atoms with Gasteiger partial charge in [-0.1, -0.05) is 27.7 Å². The number of benzene rings is 1. The maximum absolute atomic E-state index is 5.94. The largest absolute Gasteiger partial charge is 0.495 e. The number of alkyl halides is 1. The first-order valence-corrected chi connectivity index (χ1v) is 9.33. The summed E-state index contributed by atoms with van der Waals surface area (Å²) in [6.45, 7) is 11.9. The molecule has 23 heavy (non-hydrogen) atoms. The van der Waals surface area contributed by atoms with E-state index in [-0.39, 0.29) is 0 Å². The molecule has 1 rings (SSSR count). The van der Waals surface area contributed by atoms with Gasteiger partial charge in [-0.15, -0.1) is 11.6 Å². The second kappa shape index (κ2) is 10.6. The van der Waals surface area contributed by atoms with Crippen molar-refractivity contribution in [2.45, 2.75) is 40.5 Å². The molecule has 0 saturated heterocycles. The number of hydrogen-bond donors (Lipinski definition) is 1. The van der Waals surface area contributed by atoms with Crippen LogP contribution in [0.1, 0.15) is 40.5 Å². The lowest BCUT2D eigenvalue weighted by Crippen LogP contribution is -2.25. The third kappa shape index (κ3) is 6.14. The SMILES string of the molecule is CCCN(CCC)c1ccc(NC[C@@H](C)[C@@H](C)CCl)c(OC)c1. The summed E-state index contributed by atoms with van der Waals surface area (Å²) in [7, 11) is 1.74. The summed E-state index contributed by atoms with van der Waals surface area (Å²) < 4.78 is 5.60. The van der Waals surface area contributed by atoms with E-state index in [4.69, 9.17) is 16.3 Å². The smallest absolute Gasteiger partial charge is 0.144 e. The van der Waals surface area contributed by atoms with Crippen LogP contribution in [0.25, 0.3) is 0 Å². The van der Waals surface area contributed by atoms with Crippen molar-refractivity contribution in [2.75, 3.05) is 42.8 Å². The fourth-order valence-electron chi connectivity index (χ4n) is 2.56. The molecule has 0 amide bonds. The van der Waals surface area contributed by atoms with E-state index in [9.17, 15) is 0 Å². The zero-order chi connectivity index (χ0) is 17.2. The molecule has 2 atom stereocenters. The average molecular weight is 341 g/mol. The maximum atomic E-state index is 5.94. The van der Waals surface area contributed by atoms with E-state index < -0.39 is 0 Å². The van der Waals surface area contributed by atoms with E-state index >= 15 is 0 Å². The Bertz CT molecular complexity index is 447. The van der Waals surface area contributed by atoms with Gasteiger partial charge < -0.3 is 15.0 Å². The second-order valence-corrected chi connectivity index (χ2v) is 6.67. The molecule has 0 heterocycles. The highest BCUT2D eigenvalue weighted by atomic mass is 35.5. The molecule has 1 N–H and O–H groups in total. The molecule has 4 heteroatoms. The van der Waals surface area contributed by atoms with Gasteiger partial charge in [-0.2, -0.15) is 0 Å². The first kappa shape index (κ1) is 20.0. The Kier molecular flexibility index (Phi) is 9.23. The van der Waals surface area contributed by atoms with Crippen molar-refractivity contribution in [1.29, 1.82) is 0 Å². The number of anilines is 2. The van der Waals surface area contributed by atoms with Crippen molar-refractivity contribution < 1.29 is 4.74 Å². The molecule has 0 saturated carbocycles. The molecule has 0 unspecified atom stereocenters. The van der Waals surface area contributed by atoms with Gasteiger partial charge in [0.25, 0.3) is 0 Å². The molecule has 0 bridgehead atoms. The monoisotopic (exact) mass is 340 g/mol. The molecule has 0 aromatic heterocycles. The summed E-state index contributed by atoms with van der Waals surface area (Å²) in [5.74, 6) is 2.63. The molecule has 3 nitrogen and oxygen atoms in total. The fourth-order valence-corrected chi connectivity index (χ4v) is 2.86. The average Bonchev–Trinajstić information content (AvgIpc) is 2.58. The van der Waals surface area contributed by atoms with Crippen LogP contribution in [0.3, 0.4) is 0 Å². The van der Waals surface area contributed by atoms with Crippen molar-refractivity contribution in [1.82, 2.24) is 0 Å². The number of halogens is 1. The molecule has 132 valence electrons. The lowest BCUT2D eigenvalue weighted by molar-refractivity contribution is 0.413. The zero-order valence-corrected chi connectivity index (χ0v) is 16.1. The van der Waals surface area contributed by atoms with E-state index in [1.165, 1.54) is 5.69 Å². The molecule has 0 radical (unpaired) electrons. The van der Waals surface area contributed by atoms with Crippen molar-refractivity contribution in [3.63, 3.8) is 0 Å². The Morgan fingerprint density at radius 3 is 2.30 bits per heavy atom. The fraction of sp³-hybridized carbons (Fsp3) is 0.684. The molecule has 1 aromatic carbocycles. The van der Waals surface area contributed by atoms with Gasteiger partial charge in [-0.05, 0) is 36.8 Å². The van der Waals surface area contributed by atoms with Crippen LogP contribution in [0.4, 0.5) is 11.4 Å². The highest BCUT2D eigenvalue weighted by molar-refractivity contribution is 6.18. The number of ether oxygens (including phenoxy) is 1. The Hall–Kier alpha value is -1.09. The summed E-state index contributed by atoms with van der Waals surface area (Å²) >= 11 is 5.94. The zero-order valence-electron chi connectivity index (χ0n) is 15.4. The van der Waals surface area contributed by atoms with Crippen LogP contribution < -0.4 is 15.0 Å². The van der Waals surface area contributed by atoms with E-state index in [1.54, 1.807) is 7.11 Å². The molecule has 0 aliphatic carbocycles. The van der Waals surface area contributed by atoms with Crippen LogP contribution in [-0.4, -0.2) is 32.6 Å². The van der Waals surface area contributed by atoms with Crippen LogP contribution in [0.2, 0.25) is 0 Å². The number of hydrogen-bond acceptors (Lipinski definition) is 3. The topological polar surface area (TPSA) is 24.5 Å². The minimum atomic E-state index is 0.499. The van der Waals surface area contributed by atoms with Gasteiger partial charge in [0.1, 0.15) is 5.75 Å². The Labute approximate surface area is 147 Å². The van der Waals surface area contributed by atoms with Crippen molar-refractivity contribution in [2.24, 2.45) is 11.8 Å². The van der Waals surface area contributed by atoms with Crippen LogP contribution in [0.15, 0.2) is 18.2 Å². The Morgan fingerprint density at radius 1 is 1.13 bits per heavy atom. The molecular weight excluding hydrogens is 308 g/mol. The molecule has 0 fully saturated rings. The predicted octanol–water partition coefficient (Wildman–Crippen LogP) is 5.24. The van der Waals surface area contributed by atoms with Crippen molar-refractivity contribution in [3.05, 3.63) is 18.2 Å². The normalized spacial score (nSPS) is 13.5. The quantitative estimate of drug-likeness (QED) is 0.557. The van der Waals surface area contributed by atoms with Crippen LogP contribution >= 0.6 is 11.6 Å². The number of nitrogens with one attached hydrogen (secondary N) is 1. The van der Waals surface area contributed by atoms with Crippen molar-refractivity contribution >= 4 is 23.0 Å². The first-order valence-electron chi connectivity index (χ1n) is 8.80. The van der Waals surface area contributed by atoms with Crippen LogP contribution in [0, 0.1) is 11.8 Å². The van der Waals surface area contributed by atoms with Gasteiger partial charge in [-0.25, -0.2) is 0 Å². The lowest BCUT2D eigenvalue weighted by Gasteiger charge is -2.25. The second-order valence-electron chi connectivity index (χ2n) is 6.36. The van der Waals surface area contributed by atoms with Crippen molar-refractivity contribution in [3.8, 4) is 5.75 Å². The summed E-state index contributed by atoms with van der Waals surface area (Å²) in [6, 6.07) is 6.46. The predicted molar refractivity (Wildman–Crippen MR) is 103 cm³/mol. The van der Waals surface area contributed by atoms with E-state index in [1.807, 2.05) is 0 Å². The van der Waals surface area contributed by atoms with E-state index in [0.29, 0.717) is 17.7 Å². The van der Waals surface area contributed by atoms with Crippen LogP contribution in [0.5, 0.6) is 5.75 Å². The standard InChI is InChI=1S/C19H33ClN2O/c1-6-10-22(11-7-2)17-8-9-18(19(12-17)23-5)21-14-16(4)15(3)13-20/h8-9,12,15-16,21H,6-7,10-11,13-14H2,1-5H3/t15-,16+/m0/s1. The van der Waals surface area contributed by atoms with E-state index in [2.05, 4.69) is 56.1 Å². The summed E-state index contributed by atoms with van der Waals surface area (Å²) in [4.78, 5) is 2.42. The Balaban J connectivity index is 2.82. The van der Waals surface area contributed by atoms with Gasteiger partial charge in [0.15, 0.2) is 0 Å². The van der Waals surface area contributed by atoms with Gasteiger partial charge in [0.05, 0.1) is 12.8 Å². The van der Waals surface area contributed by atoms with Crippen LogP contribution in [-0.2, 0) is 0 Å². The van der Waals surface area contributed by atoms with Gasteiger partial charge in [0, 0.05) is 37.3 Å². The Morgan fingerprint density at radius 2 is 1.78 bits per heavy atom. The van der Waals surface area contributed by atoms with Gasteiger partial charge in [-0.3, -0.25) is 0 Å². The summed E-state index contributed by atoms with van der Waals surface area (Å²) in [5, 5.41) is 3.51. The minimum absolute atomic E-state index is 0.499. The van der Waals surface area contributed by atoms with Gasteiger partial charge in [0.2, 0.25) is 0 Å². The minimum Gasteiger partial charge on any atom is -0.495 e. The molecular formula is C19H33ClN2O. The highest BCUT2D eigenvalue weighted by Gasteiger charge is 2.13. The maximum Gasteiger partial charge on any atom is 0.144 e. The molecule has 1 aromatic rings. The molecule has 0 spiro atoms. The number of methoxy groups -OCH3 is 1. The number of nitrogens with zero attached hydrogens (tertiary/aromatic N) is 1. The third-order valence-electron chi connectivity index (χ3n) is 4.37.